The maximum atomic E-state index is 13.4. The normalized spacial score (nSPS) is 19.9. The largest absolute Gasteiger partial charge is 0.434 e. The van der Waals surface area contributed by atoms with Gasteiger partial charge >= 0.3 is 6.61 Å². The van der Waals surface area contributed by atoms with E-state index in [1.54, 1.807) is 47.9 Å². The van der Waals surface area contributed by atoms with Gasteiger partial charge in [-0.05, 0) is 36.2 Å². The van der Waals surface area contributed by atoms with Gasteiger partial charge in [0.25, 0.3) is 5.91 Å². The zero-order chi connectivity index (χ0) is 28.4. The van der Waals surface area contributed by atoms with Crippen LogP contribution < -0.4 is 9.64 Å². The van der Waals surface area contributed by atoms with E-state index >= 15 is 0 Å². The second-order valence-electron chi connectivity index (χ2n) is 10.6. The third-order valence-electron chi connectivity index (χ3n) is 8.45. The lowest BCUT2D eigenvalue weighted by atomic mass is 9.88. The van der Waals surface area contributed by atoms with Gasteiger partial charge in [0, 0.05) is 86.9 Å². The molecular weight excluding hydrogens is 532 g/mol. The number of benzene rings is 1. The number of aromatic nitrogens is 4. The average molecular weight is 560 g/mol. The Kier molecular flexibility index (Phi) is 5.87. The van der Waals surface area contributed by atoms with Crippen molar-refractivity contribution in [2.24, 2.45) is 0 Å². The third kappa shape index (κ3) is 4.08. The van der Waals surface area contributed by atoms with E-state index in [0.29, 0.717) is 49.7 Å². The summed E-state index contributed by atoms with van der Waals surface area (Å²) in [7, 11) is 1.73. The molecule has 1 aromatic carbocycles. The van der Waals surface area contributed by atoms with Crippen LogP contribution in [0.4, 0.5) is 14.7 Å². The van der Waals surface area contributed by atoms with Crippen molar-refractivity contribution < 1.29 is 23.1 Å². The van der Waals surface area contributed by atoms with Crippen LogP contribution in [0.25, 0.3) is 16.6 Å². The van der Waals surface area contributed by atoms with Gasteiger partial charge < -0.3 is 19.4 Å². The summed E-state index contributed by atoms with van der Waals surface area (Å²) in [6.07, 6.45) is 5.95. The first-order chi connectivity index (χ1) is 19.8. The number of hydrogen-bond donors (Lipinski definition) is 0. The minimum absolute atomic E-state index is 0.0152. The van der Waals surface area contributed by atoms with Crippen LogP contribution in [-0.2, 0) is 4.79 Å². The summed E-state index contributed by atoms with van der Waals surface area (Å²) in [5, 5.41) is 4.82. The molecule has 1 aliphatic carbocycles. The Balaban J connectivity index is 1.26. The van der Waals surface area contributed by atoms with Gasteiger partial charge in [-0.15, -0.1) is 0 Å². The number of alkyl halides is 2. The highest BCUT2D eigenvalue weighted by molar-refractivity contribution is 5.98. The number of halogens is 2. The van der Waals surface area contributed by atoms with Crippen LogP contribution in [0.2, 0.25) is 0 Å². The van der Waals surface area contributed by atoms with Crippen LogP contribution in [-0.4, -0.2) is 81.0 Å². The van der Waals surface area contributed by atoms with Crippen molar-refractivity contribution in [1.29, 1.82) is 0 Å². The first-order valence-electron chi connectivity index (χ1n) is 13.5. The minimum Gasteiger partial charge on any atom is -0.434 e. The highest BCUT2D eigenvalue weighted by Crippen LogP contribution is 2.53. The number of nitrogens with zero attached hydrogens (tertiary/aromatic N) is 7. The van der Waals surface area contributed by atoms with E-state index in [9.17, 15) is 18.4 Å². The fraction of sp³-hybridized carbons (Fsp3) is 0.345. The van der Waals surface area contributed by atoms with Crippen molar-refractivity contribution in [2.45, 2.75) is 31.9 Å². The van der Waals surface area contributed by atoms with Gasteiger partial charge in [0.2, 0.25) is 11.9 Å². The van der Waals surface area contributed by atoms with E-state index in [0.717, 1.165) is 27.9 Å². The summed E-state index contributed by atoms with van der Waals surface area (Å²) in [6.45, 7) is 1.19. The number of carbonyl (C=O) groups excluding carboxylic acids is 2. The molecule has 41 heavy (non-hydrogen) atoms. The second kappa shape index (κ2) is 9.50. The molecule has 0 radical (unpaired) electrons. The molecular formula is C29H27F2N7O3. The van der Waals surface area contributed by atoms with Gasteiger partial charge in [0.1, 0.15) is 5.75 Å². The Morgan fingerprint density at radius 2 is 1.80 bits per heavy atom. The number of ether oxygens (including phenoxy) is 1. The lowest BCUT2D eigenvalue weighted by Gasteiger charge is -2.34. The van der Waals surface area contributed by atoms with E-state index in [2.05, 4.69) is 14.9 Å². The molecule has 1 fully saturated rings. The first kappa shape index (κ1) is 25.4. The van der Waals surface area contributed by atoms with Gasteiger partial charge in [-0.25, -0.2) is 14.5 Å². The highest BCUT2D eigenvalue weighted by atomic mass is 19.3. The number of amides is 2. The lowest BCUT2D eigenvalue weighted by Crippen LogP contribution is -2.48. The van der Waals surface area contributed by atoms with E-state index in [-0.39, 0.29) is 29.5 Å². The fourth-order valence-corrected chi connectivity index (χ4v) is 6.40. The Morgan fingerprint density at radius 3 is 2.51 bits per heavy atom. The number of hydrogen-bond acceptors (Lipinski definition) is 7. The lowest BCUT2D eigenvalue weighted by molar-refractivity contribution is -0.129. The van der Waals surface area contributed by atoms with E-state index in [4.69, 9.17) is 9.84 Å². The molecule has 0 unspecified atom stereocenters. The zero-order valence-electron chi connectivity index (χ0n) is 22.5. The van der Waals surface area contributed by atoms with Crippen molar-refractivity contribution in [2.75, 3.05) is 38.1 Å². The van der Waals surface area contributed by atoms with Crippen molar-refractivity contribution >= 4 is 23.3 Å². The van der Waals surface area contributed by atoms with Crippen LogP contribution >= 0.6 is 0 Å². The Labute approximate surface area is 234 Å². The molecule has 210 valence electrons. The summed E-state index contributed by atoms with van der Waals surface area (Å²) in [4.78, 5) is 39.7. The monoisotopic (exact) mass is 559 g/mol. The van der Waals surface area contributed by atoms with Gasteiger partial charge in [0.05, 0.1) is 17.3 Å². The third-order valence-corrected chi connectivity index (χ3v) is 8.45. The molecule has 4 aromatic rings. The Bertz CT molecular complexity index is 1680. The van der Waals surface area contributed by atoms with Crippen LogP contribution in [0.3, 0.4) is 0 Å². The molecule has 0 saturated carbocycles. The summed E-state index contributed by atoms with van der Waals surface area (Å²) in [5.74, 6) is 0.122. The molecule has 12 heteroatoms. The van der Waals surface area contributed by atoms with Gasteiger partial charge in [0.15, 0.2) is 0 Å². The van der Waals surface area contributed by atoms with Crippen LogP contribution in [0.15, 0.2) is 48.9 Å². The van der Waals surface area contributed by atoms with Crippen molar-refractivity contribution in [3.63, 3.8) is 0 Å². The number of pyridine rings is 1. The number of rotatable bonds is 4. The van der Waals surface area contributed by atoms with Crippen LogP contribution in [0.1, 0.15) is 52.5 Å². The van der Waals surface area contributed by atoms with E-state index in [1.165, 1.54) is 6.07 Å². The molecule has 10 nitrogen and oxygen atoms in total. The topological polar surface area (TPSA) is 96.2 Å². The first-order valence-corrected chi connectivity index (χ1v) is 13.5. The SMILES string of the molecule is CC(=O)N1CCN(c2ncc(-c3ccn4nc5c(c4c3)[C@@H]3C[C@H]5N(C)C(=O)c4cccc(OC(F)F)c43)cn2)CC1. The Hall–Kier alpha value is -4.61. The predicted octanol–water partition coefficient (Wildman–Crippen LogP) is 3.72. The molecule has 5 heterocycles. The summed E-state index contributed by atoms with van der Waals surface area (Å²) in [6, 6.07) is 8.38. The van der Waals surface area contributed by atoms with Crippen molar-refractivity contribution in [1.82, 2.24) is 29.4 Å². The zero-order valence-corrected chi connectivity index (χ0v) is 22.5. The molecule has 3 aliphatic rings. The molecule has 1 saturated heterocycles. The maximum absolute atomic E-state index is 13.4. The smallest absolute Gasteiger partial charge is 0.387 e. The number of piperazine rings is 1. The van der Waals surface area contributed by atoms with Crippen LogP contribution in [0, 0.1) is 0 Å². The minimum atomic E-state index is -3.01. The Morgan fingerprint density at radius 1 is 1.05 bits per heavy atom. The molecule has 3 aromatic heterocycles. The molecule has 2 atom stereocenters. The number of anilines is 1. The number of carbonyl (C=O) groups is 2. The molecule has 0 spiro atoms. The number of fused-ring (bicyclic) bond motifs is 9. The molecule has 7 rings (SSSR count). The molecule has 0 N–H and O–H groups in total. The van der Waals surface area contributed by atoms with E-state index in [1.807, 2.05) is 23.2 Å². The predicted molar refractivity (Wildman–Crippen MR) is 145 cm³/mol. The van der Waals surface area contributed by atoms with Crippen LogP contribution in [0.5, 0.6) is 5.75 Å². The molecule has 2 aliphatic heterocycles. The summed E-state index contributed by atoms with van der Waals surface area (Å²) >= 11 is 0. The summed E-state index contributed by atoms with van der Waals surface area (Å²) < 4.78 is 33.4. The van der Waals surface area contributed by atoms with Gasteiger partial charge in [-0.2, -0.15) is 13.9 Å². The molecule has 2 amide bonds. The van der Waals surface area contributed by atoms with E-state index < -0.39 is 6.61 Å². The van der Waals surface area contributed by atoms with Crippen molar-refractivity contribution in [3.05, 3.63) is 71.3 Å². The second-order valence-corrected chi connectivity index (χ2v) is 10.6. The van der Waals surface area contributed by atoms with Gasteiger partial charge in [-0.1, -0.05) is 6.07 Å². The van der Waals surface area contributed by atoms with Gasteiger partial charge in [-0.3, -0.25) is 9.59 Å². The average Bonchev–Trinajstić information content (AvgIpc) is 3.50. The quantitative estimate of drug-likeness (QED) is 0.376. The molecule has 2 bridgehead atoms. The van der Waals surface area contributed by atoms with Crippen molar-refractivity contribution in [3.8, 4) is 16.9 Å². The maximum Gasteiger partial charge on any atom is 0.387 e. The summed E-state index contributed by atoms with van der Waals surface area (Å²) in [5.41, 5.74) is 5.04. The highest BCUT2D eigenvalue weighted by Gasteiger charge is 2.46. The standard InChI is InChI=1S/C29H27F2N7O3/c1-16(39)36-8-10-37(11-9-36)29-32-14-18(15-33-29)17-6-7-38-21(12-17)25-20-13-22(26(25)34-38)35(2)27(40)19-4-3-5-23(24(19)20)41-28(30)31/h3-7,12,14-15,20,22,28H,8-11,13H2,1-2H3/t20-,22-/m1/s1. The fourth-order valence-electron chi connectivity index (χ4n) is 6.40.